The van der Waals surface area contributed by atoms with Crippen LogP contribution in [-0.4, -0.2) is 15.0 Å². The lowest BCUT2D eigenvalue weighted by molar-refractivity contribution is 0.456. The molecule has 15 heavy (non-hydrogen) atoms. The number of aryl methyl sites for hydroxylation is 1. The number of rotatable bonds is 2. The number of nitrogens with zero attached hydrogens (tertiary/aromatic N) is 3. The lowest BCUT2D eigenvalue weighted by Gasteiger charge is -2.06. The van der Waals surface area contributed by atoms with Crippen molar-refractivity contribution in [3.8, 4) is 11.6 Å². The minimum Gasteiger partial charge on any atom is -0.437 e. The molecule has 0 aliphatic carbocycles. The first-order valence-corrected chi connectivity index (χ1v) is 4.44. The van der Waals surface area contributed by atoms with E-state index < -0.39 is 0 Å². The molecule has 2 aromatic heterocycles. The number of hydrogen-bond acceptors (Lipinski definition) is 5. The molecule has 0 amide bonds. The van der Waals surface area contributed by atoms with Crippen LogP contribution in [0.1, 0.15) is 5.69 Å². The molecule has 0 aromatic carbocycles. The van der Waals surface area contributed by atoms with Crippen LogP contribution in [0, 0.1) is 6.92 Å². The predicted octanol–water partition coefficient (Wildman–Crippen LogP) is 1.55. The van der Waals surface area contributed by atoms with Gasteiger partial charge in [0.1, 0.15) is 0 Å². The standard InChI is InChI=1S/C10H10N4O/c1-7-8(3-2-5-12-7)15-9-4-6-13-10(11)14-9/h2-6H,1H3,(H2,11,13,14). The number of pyridine rings is 1. The average molecular weight is 202 g/mol. The van der Waals surface area contributed by atoms with Gasteiger partial charge in [-0.1, -0.05) is 0 Å². The third-order valence-electron chi connectivity index (χ3n) is 1.82. The van der Waals surface area contributed by atoms with E-state index in [2.05, 4.69) is 15.0 Å². The summed E-state index contributed by atoms with van der Waals surface area (Å²) in [5.74, 6) is 1.27. The summed E-state index contributed by atoms with van der Waals surface area (Å²) in [6.45, 7) is 1.86. The van der Waals surface area contributed by atoms with Crippen LogP contribution in [-0.2, 0) is 0 Å². The number of anilines is 1. The summed E-state index contributed by atoms with van der Waals surface area (Å²) in [6, 6.07) is 5.26. The monoisotopic (exact) mass is 202 g/mol. The van der Waals surface area contributed by atoms with Gasteiger partial charge in [0.15, 0.2) is 5.75 Å². The molecular formula is C10H10N4O. The van der Waals surface area contributed by atoms with E-state index >= 15 is 0 Å². The zero-order valence-corrected chi connectivity index (χ0v) is 8.21. The molecule has 0 radical (unpaired) electrons. The number of hydrogen-bond donors (Lipinski definition) is 1. The van der Waals surface area contributed by atoms with Gasteiger partial charge in [0.2, 0.25) is 11.8 Å². The van der Waals surface area contributed by atoms with Crippen LogP contribution >= 0.6 is 0 Å². The van der Waals surface area contributed by atoms with E-state index in [0.29, 0.717) is 11.6 Å². The summed E-state index contributed by atoms with van der Waals surface area (Å²) in [5.41, 5.74) is 6.23. The lowest BCUT2D eigenvalue weighted by atomic mass is 10.3. The Morgan fingerprint density at radius 2 is 2.07 bits per heavy atom. The Morgan fingerprint density at radius 3 is 2.80 bits per heavy atom. The van der Waals surface area contributed by atoms with Crippen LogP contribution in [0.5, 0.6) is 11.6 Å². The second kappa shape index (κ2) is 3.91. The molecule has 5 nitrogen and oxygen atoms in total. The second-order valence-electron chi connectivity index (χ2n) is 2.94. The Morgan fingerprint density at radius 1 is 1.20 bits per heavy atom. The molecule has 2 N–H and O–H groups in total. The van der Waals surface area contributed by atoms with E-state index in [4.69, 9.17) is 10.5 Å². The highest BCUT2D eigenvalue weighted by Gasteiger charge is 2.02. The van der Waals surface area contributed by atoms with Gasteiger partial charge in [0.25, 0.3) is 0 Å². The molecular weight excluding hydrogens is 192 g/mol. The van der Waals surface area contributed by atoms with Crippen molar-refractivity contribution in [1.82, 2.24) is 15.0 Å². The second-order valence-corrected chi connectivity index (χ2v) is 2.94. The van der Waals surface area contributed by atoms with Crippen molar-refractivity contribution in [3.63, 3.8) is 0 Å². The number of ether oxygens (including phenoxy) is 1. The summed E-state index contributed by atoms with van der Waals surface area (Å²) in [7, 11) is 0. The van der Waals surface area contributed by atoms with Crippen molar-refractivity contribution in [1.29, 1.82) is 0 Å². The van der Waals surface area contributed by atoms with Crippen LogP contribution in [0.4, 0.5) is 5.95 Å². The quantitative estimate of drug-likeness (QED) is 0.799. The highest BCUT2D eigenvalue weighted by Crippen LogP contribution is 2.21. The summed E-state index contributed by atoms with van der Waals surface area (Å²) < 4.78 is 5.50. The fourth-order valence-corrected chi connectivity index (χ4v) is 1.10. The van der Waals surface area contributed by atoms with E-state index in [9.17, 15) is 0 Å². The molecule has 0 aliphatic heterocycles. The Bertz CT molecular complexity index is 472. The zero-order chi connectivity index (χ0) is 10.7. The van der Waals surface area contributed by atoms with Crippen molar-refractivity contribution in [2.75, 3.05) is 5.73 Å². The van der Waals surface area contributed by atoms with Gasteiger partial charge in [-0.3, -0.25) is 4.98 Å². The summed E-state index contributed by atoms with van der Waals surface area (Å²) in [6.07, 6.45) is 3.25. The Hall–Kier alpha value is -2.17. The molecule has 0 saturated carbocycles. The average Bonchev–Trinajstić information content (AvgIpc) is 2.22. The van der Waals surface area contributed by atoms with Crippen molar-refractivity contribution >= 4 is 5.95 Å². The fraction of sp³-hybridized carbons (Fsp3) is 0.100. The Labute approximate surface area is 87.0 Å². The van der Waals surface area contributed by atoms with Crippen LogP contribution in [0.15, 0.2) is 30.6 Å². The first-order valence-electron chi connectivity index (χ1n) is 4.44. The molecule has 0 bridgehead atoms. The summed E-state index contributed by atoms with van der Waals surface area (Å²) in [5, 5.41) is 0. The number of nitrogens with two attached hydrogens (primary N) is 1. The molecule has 0 fully saturated rings. The van der Waals surface area contributed by atoms with E-state index in [1.807, 2.05) is 13.0 Å². The largest absolute Gasteiger partial charge is 0.437 e. The van der Waals surface area contributed by atoms with Crippen molar-refractivity contribution in [2.45, 2.75) is 6.92 Å². The molecule has 2 heterocycles. The van der Waals surface area contributed by atoms with Gasteiger partial charge in [-0.05, 0) is 19.1 Å². The Kier molecular flexibility index (Phi) is 2.45. The highest BCUT2D eigenvalue weighted by molar-refractivity contribution is 5.31. The SMILES string of the molecule is Cc1ncccc1Oc1ccnc(N)n1. The minimum absolute atomic E-state index is 0.189. The first-order chi connectivity index (χ1) is 7.25. The van der Waals surface area contributed by atoms with Gasteiger partial charge < -0.3 is 10.5 Å². The third kappa shape index (κ3) is 2.19. The van der Waals surface area contributed by atoms with Gasteiger partial charge in [0, 0.05) is 18.5 Å². The van der Waals surface area contributed by atoms with Gasteiger partial charge in [0.05, 0.1) is 5.69 Å². The van der Waals surface area contributed by atoms with Gasteiger partial charge in [-0.25, -0.2) is 4.98 Å². The summed E-state index contributed by atoms with van der Waals surface area (Å²) >= 11 is 0. The molecule has 2 rings (SSSR count). The molecule has 0 unspecified atom stereocenters. The smallest absolute Gasteiger partial charge is 0.224 e. The molecule has 0 atom stereocenters. The maximum absolute atomic E-state index is 5.50. The Balaban J connectivity index is 2.26. The van der Waals surface area contributed by atoms with Crippen molar-refractivity contribution < 1.29 is 4.74 Å². The third-order valence-corrected chi connectivity index (χ3v) is 1.82. The van der Waals surface area contributed by atoms with Crippen LogP contribution < -0.4 is 10.5 Å². The van der Waals surface area contributed by atoms with Gasteiger partial charge in [-0.2, -0.15) is 4.98 Å². The lowest BCUT2D eigenvalue weighted by Crippen LogP contribution is -1.97. The van der Waals surface area contributed by atoms with Gasteiger partial charge >= 0.3 is 0 Å². The van der Waals surface area contributed by atoms with E-state index in [0.717, 1.165) is 5.69 Å². The van der Waals surface area contributed by atoms with Crippen LogP contribution in [0.25, 0.3) is 0 Å². The number of aromatic nitrogens is 3. The minimum atomic E-state index is 0.189. The molecule has 2 aromatic rings. The van der Waals surface area contributed by atoms with E-state index in [1.54, 1.807) is 24.5 Å². The van der Waals surface area contributed by atoms with Crippen molar-refractivity contribution in [3.05, 3.63) is 36.3 Å². The van der Waals surface area contributed by atoms with Crippen LogP contribution in [0.2, 0.25) is 0 Å². The molecule has 5 heteroatoms. The highest BCUT2D eigenvalue weighted by atomic mass is 16.5. The number of nitrogen functional groups attached to an aromatic ring is 1. The first kappa shape index (κ1) is 9.39. The van der Waals surface area contributed by atoms with Crippen molar-refractivity contribution in [2.24, 2.45) is 0 Å². The van der Waals surface area contributed by atoms with Gasteiger partial charge in [-0.15, -0.1) is 0 Å². The topological polar surface area (TPSA) is 73.9 Å². The van der Waals surface area contributed by atoms with E-state index in [1.165, 1.54) is 0 Å². The summed E-state index contributed by atoms with van der Waals surface area (Å²) in [4.78, 5) is 11.8. The normalized spacial score (nSPS) is 9.93. The zero-order valence-electron chi connectivity index (χ0n) is 8.21. The predicted molar refractivity (Wildman–Crippen MR) is 55.5 cm³/mol. The fourth-order valence-electron chi connectivity index (χ4n) is 1.10. The van der Waals surface area contributed by atoms with Crippen LogP contribution in [0.3, 0.4) is 0 Å². The molecule has 76 valence electrons. The van der Waals surface area contributed by atoms with E-state index in [-0.39, 0.29) is 5.95 Å². The maximum atomic E-state index is 5.50. The maximum Gasteiger partial charge on any atom is 0.224 e. The molecule has 0 spiro atoms. The molecule has 0 aliphatic rings. The molecule has 0 saturated heterocycles.